The van der Waals surface area contributed by atoms with Gasteiger partial charge in [-0.05, 0) is 71.8 Å². The van der Waals surface area contributed by atoms with Gasteiger partial charge in [0.2, 0.25) is 0 Å². The number of nitriles is 1. The van der Waals surface area contributed by atoms with Crippen molar-refractivity contribution in [2.24, 2.45) is 0 Å². The SMILES string of the molecule is CCOc1cc(/C=C2/SC(=O)N(Cc3ccccc3C#N)C2=O)cc(Cl)c1OCc1ccc(Br)cc1. The van der Waals surface area contributed by atoms with E-state index in [-0.39, 0.29) is 11.4 Å². The number of amides is 2. The molecule has 4 rings (SSSR count). The summed E-state index contributed by atoms with van der Waals surface area (Å²) in [5.74, 6) is 0.415. The molecule has 1 fully saturated rings. The normalized spacial score (nSPS) is 14.3. The number of imide groups is 1. The summed E-state index contributed by atoms with van der Waals surface area (Å²) in [5.41, 5.74) is 2.60. The van der Waals surface area contributed by atoms with Crippen molar-refractivity contribution in [3.63, 3.8) is 0 Å². The van der Waals surface area contributed by atoms with Crippen LogP contribution in [-0.2, 0) is 17.9 Å². The zero-order valence-corrected chi connectivity index (χ0v) is 22.3. The number of ether oxygens (including phenoxy) is 2. The highest BCUT2D eigenvalue weighted by molar-refractivity contribution is 9.10. The Morgan fingerprint density at radius 1 is 1.11 bits per heavy atom. The van der Waals surface area contributed by atoms with E-state index in [2.05, 4.69) is 22.0 Å². The van der Waals surface area contributed by atoms with Gasteiger partial charge in [0, 0.05) is 4.47 Å². The number of carbonyl (C=O) groups excluding carboxylic acids is 2. The molecule has 0 unspecified atom stereocenters. The molecule has 1 aliphatic rings. The quantitative estimate of drug-likeness (QED) is 0.261. The number of thioether (sulfide) groups is 1. The Hall–Kier alpha value is -3.25. The minimum atomic E-state index is -0.428. The topological polar surface area (TPSA) is 79.6 Å². The van der Waals surface area contributed by atoms with E-state index in [1.807, 2.05) is 31.2 Å². The lowest BCUT2D eigenvalue weighted by Crippen LogP contribution is -2.27. The summed E-state index contributed by atoms with van der Waals surface area (Å²) in [6.07, 6.45) is 1.61. The molecule has 0 spiro atoms. The van der Waals surface area contributed by atoms with Crippen LogP contribution in [0.3, 0.4) is 0 Å². The number of nitrogens with zero attached hydrogens (tertiary/aromatic N) is 2. The maximum Gasteiger partial charge on any atom is 0.293 e. The highest BCUT2D eigenvalue weighted by Gasteiger charge is 2.35. The molecular weight excluding hydrogens is 564 g/mol. The van der Waals surface area contributed by atoms with E-state index >= 15 is 0 Å². The van der Waals surface area contributed by atoms with Crippen LogP contribution in [0.5, 0.6) is 11.5 Å². The molecule has 2 amide bonds. The summed E-state index contributed by atoms with van der Waals surface area (Å²) < 4.78 is 12.7. The second kappa shape index (κ2) is 11.7. The van der Waals surface area contributed by atoms with Gasteiger partial charge in [0.25, 0.3) is 11.1 Å². The lowest BCUT2D eigenvalue weighted by Gasteiger charge is -2.15. The summed E-state index contributed by atoms with van der Waals surface area (Å²) in [6.45, 7) is 2.57. The lowest BCUT2D eigenvalue weighted by molar-refractivity contribution is -0.123. The Kier molecular flexibility index (Phi) is 8.36. The predicted molar refractivity (Wildman–Crippen MR) is 144 cm³/mol. The van der Waals surface area contributed by atoms with Crippen LogP contribution in [-0.4, -0.2) is 22.7 Å². The Morgan fingerprint density at radius 2 is 1.86 bits per heavy atom. The molecule has 3 aromatic carbocycles. The number of hydrogen-bond acceptors (Lipinski definition) is 6. The summed E-state index contributed by atoms with van der Waals surface area (Å²) in [7, 11) is 0. The summed E-state index contributed by atoms with van der Waals surface area (Å²) in [4.78, 5) is 27.0. The second-order valence-corrected chi connectivity index (χ2v) is 10.0. The summed E-state index contributed by atoms with van der Waals surface area (Å²) in [5, 5.41) is 9.24. The zero-order valence-electron chi connectivity index (χ0n) is 19.2. The van der Waals surface area contributed by atoms with E-state index in [0.29, 0.717) is 46.4 Å². The Labute approximate surface area is 226 Å². The van der Waals surface area contributed by atoms with E-state index in [9.17, 15) is 14.9 Å². The molecule has 36 heavy (non-hydrogen) atoms. The van der Waals surface area contributed by atoms with Gasteiger partial charge in [0.1, 0.15) is 6.61 Å². The van der Waals surface area contributed by atoms with Crippen LogP contribution >= 0.6 is 39.3 Å². The van der Waals surface area contributed by atoms with E-state index in [1.54, 1.807) is 42.5 Å². The molecule has 9 heteroatoms. The lowest BCUT2D eigenvalue weighted by atomic mass is 10.1. The third kappa shape index (κ3) is 5.93. The molecule has 0 N–H and O–H groups in total. The summed E-state index contributed by atoms with van der Waals surface area (Å²) >= 11 is 10.8. The molecule has 0 aliphatic carbocycles. The van der Waals surface area contributed by atoms with E-state index in [4.69, 9.17) is 21.1 Å². The molecule has 3 aromatic rings. The van der Waals surface area contributed by atoms with Crippen LogP contribution in [0.4, 0.5) is 4.79 Å². The fourth-order valence-corrected chi connectivity index (χ4v) is 4.91. The molecule has 1 saturated heterocycles. The molecule has 182 valence electrons. The van der Waals surface area contributed by atoms with E-state index in [1.165, 1.54) is 0 Å². The average Bonchev–Trinajstić information content (AvgIpc) is 3.12. The number of halogens is 2. The fourth-order valence-electron chi connectivity index (χ4n) is 3.54. The molecule has 0 saturated carbocycles. The van der Waals surface area contributed by atoms with Crippen molar-refractivity contribution in [1.29, 1.82) is 5.26 Å². The van der Waals surface area contributed by atoms with Gasteiger partial charge in [-0.25, -0.2) is 0 Å². The van der Waals surface area contributed by atoms with Gasteiger partial charge in [0.05, 0.1) is 34.7 Å². The van der Waals surface area contributed by atoms with E-state index < -0.39 is 11.1 Å². The van der Waals surface area contributed by atoms with Crippen molar-refractivity contribution >= 4 is 56.5 Å². The highest BCUT2D eigenvalue weighted by Crippen LogP contribution is 2.40. The average molecular weight is 584 g/mol. The van der Waals surface area contributed by atoms with Gasteiger partial charge in [0.15, 0.2) is 11.5 Å². The first-order valence-corrected chi connectivity index (χ1v) is 12.9. The number of benzene rings is 3. The number of hydrogen-bond donors (Lipinski definition) is 0. The largest absolute Gasteiger partial charge is 0.490 e. The Balaban J connectivity index is 1.56. The van der Waals surface area contributed by atoms with Crippen LogP contribution in [0.2, 0.25) is 5.02 Å². The first-order valence-electron chi connectivity index (χ1n) is 11.0. The van der Waals surface area contributed by atoms with Crippen LogP contribution < -0.4 is 9.47 Å². The summed E-state index contributed by atoms with van der Waals surface area (Å²) in [6, 6.07) is 20.1. The van der Waals surface area contributed by atoms with Crippen molar-refractivity contribution in [2.75, 3.05) is 6.61 Å². The van der Waals surface area contributed by atoms with Crippen molar-refractivity contribution in [3.05, 3.63) is 97.3 Å². The molecule has 6 nitrogen and oxygen atoms in total. The number of carbonyl (C=O) groups is 2. The van der Waals surface area contributed by atoms with Crippen LogP contribution in [0.25, 0.3) is 6.08 Å². The van der Waals surface area contributed by atoms with E-state index in [0.717, 1.165) is 26.7 Å². The van der Waals surface area contributed by atoms with Crippen LogP contribution in [0.1, 0.15) is 29.2 Å². The molecule has 0 radical (unpaired) electrons. The van der Waals surface area contributed by atoms with Crippen molar-refractivity contribution in [3.8, 4) is 17.6 Å². The Morgan fingerprint density at radius 3 is 2.58 bits per heavy atom. The maximum absolute atomic E-state index is 13.0. The monoisotopic (exact) mass is 582 g/mol. The predicted octanol–water partition coefficient (Wildman–Crippen LogP) is 7.19. The number of rotatable bonds is 8. The van der Waals surface area contributed by atoms with Crippen molar-refractivity contribution < 1.29 is 19.1 Å². The first-order chi connectivity index (χ1) is 17.4. The highest BCUT2D eigenvalue weighted by atomic mass is 79.9. The van der Waals surface area contributed by atoms with Crippen LogP contribution in [0.15, 0.2) is 70.0 Å². The maximum atomic E-state index is 13.0. The minimum Gasteiger partial charge on any atom is -0.490 e. The van der Waals surface area contributed by atoms with Crippen LogP contribution in [0, 0.1) is 11.3 Å². The standard InChI is InChI=1S/C27H20BrClN2O4S/c1-2-34-23-12-18(11-22(29)25(23)35-16-17-7-9-21(28)10-8-17)13-24-26(32)31(27(33)36-24)15-20-6-4-3-5-19(20)14-30/h3-13H,2,15-16H2,1H3/b24-13+. The molecule has 1 aliphatic heterocycles. The minimum absolute atomic E-state index is 0.0273. The van der Waals surface area contributed by atoms with Crippen molar-refractivity contribution in [2.45, 2.75) is 20.1 Å². The molecule has 1 heterocycles. The molecule has 0 atom stereocenters. The fraction of sp³-hybridized carbons (Fsp3) is 0.148. The first kappa shape index (κ1) is 25.8. The zero-order chi connectivity index (χ0) is 25.7. The molecule has 0 aromatic heterocycles. The van der Waals surface area contributed by atoms with Crippen molar-refractivity contribution in [1.82, 2.24) is 4.90 Å². The molecule has 0 bridgehead atoms. The van der Waals surface area contributed by atoms with Gasteiger partial charge in [-0.15, -0.1) is 0 Å². The van der Waals surface area contributed by atoms with Gasteiger partial charge >= 0.3 is 0 Å². The smallest absolute Gasteiger partial charge is 0.293 e. The van der Waals surface area contributed by atoms with Gasteiger partial charge in [-0.3, -0.25) is 14.5 Å². The van der Waals surface area contributed by atoms with Gasteiger partial charge in [-0.2, -0.15) is 5.26 Å². The van der Waals surface area contributed by atoms with Gasteiger partial charge in [-0.1, -0.05) is 57.9 Å². The Bertz CT molecular complexity index is 1390. The molecular formula is C27H20BrClN2O4S. The third-order valence-corrected chi connectivity index (χ3v) is 6.98. The van der Waals surface area contributed by atoms with Gasteiger partial charge < -0.3 is 9.47 Å². The third-order valence-electron chi connectivity index (χ3n) is 5.27. The second-order valence-electron chi connectivity index (χ2n) is 7.71.